The molecule has 0 aliphatic rings. The molecule has 1 N–H and O–H groups in total. The molecule has 0 aliphatic heterocycles. The van der Waals surface area contributed by atoms with Gasteiger partial charge in [0, 0.05) is 20.2 Å². The van der Waals surface area contributed by atoms with E-state index in [0.717, 1.165) is 5.69 Å². The Morgan fingerprint density at radius 3 is 2.23 bits per heavy atom. The van der Waals surface area contributed by atoms with Gasteiger partial charge in [-0.3, -0.25) is 0 Å². The van der Waals surface area contributed by atoms with Crippen molar-refractivity contribution in [1.82, 2.24) is 0 Å². The minimum atomic E-state index is 0.104. The highest BCUT2D eigenvalue weighted by Crippen LogP contribution is 2.29. The summed E-state index contributed by atoms with van der Waals surface area (Å²) in [6.07, 6.45) is 1.77. The molecule has 0 saturated heterocycles. The van der Waals surface area contributed by atoms with Crippen molar-refractivity contribution < 1.29 is 9.72 Å². The summed E-state index contributed by atoms with van der Waals surface area (Å²) in [5.74, 6) is 1.16. The Hall–Kier alpha value is -2.54. The van der Waals surface area contributed by atoms with E-state index in [1.54, 1.807) is 6.20 Å². The zero-order valence-electron chi connectivity index (χ0n) is 13.8. The minimum absolute atomic E-state index is 0.104. The van der Waals surface area contributed by atoms with E-state index < -0.39 is 0 Å². The summed E-state index contributed by atoms with van der Waals surface area (Å²) < 4.78 is 5.85. The quantitative estimate of drug-likeness (QED) is 0.870. The van der Waals surface area contributed by atoms with Crippen LogP contribution in [0.15, 0.2) is 36.5 Å². The predicted molar refractivity (Wildman–Crippen MR) is 87.3 cm³/mol. The summed E-state index contributed by atoms with van der Waals surface area (Å²) in [5, 5.41) is 9.40. The number of H-pyrrole nitrogens is 1. The first-order valence-corrected chi connectivity index (χ1v) is 7.23. The summed E-state index contributed by atoms with van der Waals surface area (Å²) in [6, 6.07) is 12.0. The first-order valence-electron chi connectivity index (χ1n) is 7.23. The van der Waals surface area contributed by atoms with Gasteiger partial charge in [0.25, 0.3) is 0 Å². The van der Waals surface area contributed by atoms with Crippen LogP contribution in [0.2, 0.25) is 0 Å². The summed E-state index contributed by atoms with van der Waals surface area (Å²) in [7, 11) is 3.80. The minimum Gasteiger partial charge on any atom is -0.404 e. The van der Waals surface area contributed by atoms with Crippen LogP contribution >= 0.6 is 0 Å². The Kier molecular flexibility index (Phi) is 4.37. The Morgan fingerprint density at radius 2 is 1.73 bits per heavy atom. The number of aromatic nitrogens is 1. The van der Waals surface area contributed by atoms with Crippen molar-refractivity contribution in [3.63, 3.8) is 0 Å². The van der Waals surface area contributed by atoms with Gasteiger partial charge in [0.15, 0.2) is 11.8 Å². The second-order valence-electron chi connectivity index (χ2n) is 6.45. The van der Waals surface area contributed by atoms with E-state index >= 15 is 0 Å². The van der Waals surface area contributed by atoms with Crippen molar-refractivity contribution in [1.29, 1.82) is 5.26 Å². The number of ether oxygens (including phenoxy) is 1. The van der Waals surface area contributed by atoms with Gasteiger partial charge in [-0.25, -0.2) is 0 Å². The van der Waals surface area contributed by atoms with E-state index in [2.05, 4.69) is 44.0 Å². The lowest BCUT2D eigenvalue weighted by Crippen LogP contribution is -2.16. The van der Waals surface area contributed by atoms with Crippen LogP contribution in [0, 0.1) is 11.3 Å². The van der Waals surface area contributed by atoms with E-state index in [0.29, 0.717) is 17.2 Å². The van der Waals surface area contributed by atoms with E-state index in [4.69, 9.17) is 4.74 Å². The molecule has 0 amide bonds. The average molecular weight is 296 g/mol. The number of hydrogen-bond donors (Lipinski definition) is 0. The van der Waals surface area contributed by atoms with Gasteiger partial charge in [0.2, 0.25) is 0 Å². The largest absolute Gasteiger partial charge is 0.404 e. The Bertz CT molecular complexity index is 692. The number of nitrogens with one attached hydrogen (secondary N) is 1. The lowest BCUT2D eigenvalue weighted by atomic mass is 9.87. The van der Waals surface area contributed by atoms with Crippen LogP contribution in [0.1, 0.15) is 31.9 Å². The van der Waals surface area contributed by atoms with Gasteiger partial charge < -0.3 is 9.64 Å². The molecule has 4 heteroatoms. The van der Waals surface area contributed by atoms with Gasteiger partial charge in [-0.2, -0.15) is 10.2 Å². The number of benzene rings is 1. The number of nitrogens with zero attached hydrogens (tertiary/aromatic N) is 2. The molecule has 1 heterocycles. The molecule has 0 unspecified atom stereocenters. The molecule has 0 atom stereocenters. The zero-order chi connectivity index (χ0) is 16.3. The van der Waals surface area contributed by atoms with Crippen molar-refractivity contribution in [2.45, 2.75) is 26.2 Å². The molecule has 0 fully saturated rings. The highest BCUT2D eigenvalue weighted by molar-refractivity contribution is 5.61. The van der Waals surface area contributed by atoms with Crippen molar-refractivity contribution in [3.8, 4) is 17.7 Å². The highest BCUT2D eigenvalue weighted by Gasteiger charge is 2.19. The fourth-order valence-electron chi connectivity index (χ4n) is 2.17. The summed E-state index contributed by atoms with van der Waals surface area (Å²) in [4.78, 5) is 4.90. The summed E-state index contributed by atoms with van der Waals surface area (Å²) in [6.45, 7) is 6.51. The first-order chi connectivity index (χ1) is 10.3. The van der Waals surface area contributed by atoms with Crippen LogP contribution in [0.4, 0.5) is 5.69 Å². The third-order valence-electron chi connectivity index (χ3n) is 3.47. The van der Waals surface area contributed by atoms with E-state index in [9.17, 15) is 5.26 Å². The topological polar surface area (TPSA) is 50.4 Å². The first kappa shape index (κ1) is 15.8. The van der Waals surface area contributed by atoms with E-state index in [1.807, 2.05) is 37.2 Å². The maximum atomic E-state index is 9.40. The van der Waals surface area contributed by atoms with Gasteiger partial charge in [0.05, 0.1) is 5.69 Å². The molecular formula is C18H22N3O+. The number of pyridine rings is 1. The fourth-order valence-corrected chi connectivity index (χ4v) is 2.17. The van der Waals surface area contributed by atoms with Gasteiger partial charge >= 0.3 is 5.88 Å². The molecule has 0 bridgehead atoms. The second-order valence-corrected chi connectivity index (χ2v) is 6.45. The van der Waals surface area contributed by atoms with Gasteiger partial charge in [-0.05, 0) is 23.1 Å². The SMILES string of the molecule is CN(C)c1cc[nH+]c(Oc2ccc(C(C)(C)C)cc2)c1C#N. The van der Waals surface area contributed by atoms with E-state index in [1.165, 1.54) is 5.56 Å². The number of anilines is 1. The lowest BCUT2D eigenvalue weighted by molar-refractivity contribution is -0.391. The number of rotatable bonds is 3. The molecule has 0 spiro atoms. The standard InChI is InChI=1S/C18H21N3O/c1-18(2,3)13-6-8-14(9-7-13)22-17-15(12-19)16(21(4)5)10-11-20-17/h6-11H,1-5H3/p+1. The molecule has 22 heavy (non-hydrogen) atoms. The van der Waals surface area contributed by atoms with Crippen molar-refractivity contribution >= 4 is 5.69 Å². The third kappa shape index (κ3) is 3.37. The third-order valence-corrected chi connectivity index (χ3v) is 3.47. The zero-order valence-corrected chi connectivity index (χ0v) is 13.8. The molecule has 2 rings (SSSR count). The normalized spacial score (nSPS) is 10.9. The maximum absolute atomic E-state index is 9.40. The predicted octanol–water partition coefficient (Wildman–Crippen LogP) is 3.53. The fraction of sp³-hybridized carbons (Fsp3) is 0.333. The molecule has 0 radical (unpaired) electrons. The smallest absolute Gasteiger partial charge is 0.392 e. The van der Waals surface area contributed by atoms with Crippen LogP contribution in [0.5, 0.6) is 11.6 Å². The van der Waals surface area contributed by atoms with Crippen molar-refractivity contribution in [2.24, 2.45) is 0 Å². The highest BCUT2D eigenvalue weighted by atomic mass is 16.5. The number of hydrogen-bond acceptors (Lipinski definition) is 3. The van der Waals surface area contributed by atoms with Crippen LogP contribution in [-0.4, -0.2) is 14.1 Å². The summed E-state index contributed by atoms with van der Waals surface area (Å²) in [5.41, 5.74) is 2.66. The number of nitriles is 1. The Morgan fingerprint density at radius 1 is 1.09 bits per heavy atom. The maximum Gasteiger partial charge on any atom is 0.392 e. The molecule has 0 aliphatic carbocycles. The molecule has 0 saturated carbocycles. The van der Waals surface area contributed by atoms with Crippen molar-refractivity contribution in [2.75, 3.05) is 19.0 Å². The Labute approximate surface area is 132 Å². The van der Waals surface area contributed by atoms with Gasteiger partial charge in [0.1, 0.15) is 11.8 Å². The molecule has 114 valence electrons. The van der Waals surface area contributed by atoms with Crippen LogP contribution in [0.3, 0.4) is 0 Å². The average Bonchev–Trinajstić information content (AvgIpc) is 2.46. The molecule has 4 nitrogen and oxygen atoms in total. The molecule has 1 aromatic heterocycles. The van der Waals surface area contributed by atoms with Gasteiger partial charge in [-0.1, -0.05) is 32.9 Å². The molecule has 2 aromatic rings. The summed E-state index contributed by atoms with van der Waals surface area (Å²) >= 11 is 0. The second kappa shape index (κ2) is 6.07. The Balaban J connectivity index is 2.32. The van der Waals surface area contributed by atoms with Crippen LogP contribution in [-0.2, 0) is 5.41 Å². The monoisotopic (exact) mass is 296 g/mol. The molecule has 1 aromatic carbocycles. The molecular weight excluding hydrogens is 274 g/mol. The van der Waals surface area contributed by atoms with E-state index in [-0.39, 0.29) is 5.41 Å². The van der Waals surface area contributed by atoms with Crippen LogP contribution < -0.4 is 14.6 Å². The van der Waals surface area contributed by atoms with Crippen LogP contribution in [0.25, 0.3) is 0 Å². The lowest BCUT2D eigenvalue weighted by Gasteiger charge is -2.19. The van der Waals surface area contributed by atoms with Gasteiger partial charge in [-0.15, -0.1) is 0 Å². The number of aromatic amines is 1. The van der Waals surface area contributed by atoms with Crippen molar-refractivity contribution in [3.05, 3.63) is 47.7 Å².